The Labute approximate surface area is 115 Å². The molecule has 1 fully saturated rings. The second kappa shape index (κ2) is 5.40. The number of rotatable bonds is 1. The van der Waals surface area contributed by atoms with Gasteiger partial charge in [0.15, 0.2) is 0 Å². The summed E-state index contributed by atoms with van der Waals surface area (Å²) in [4.78, 5) is 17.3. The van der Waals surface area contributed by atoms with Gasteiger partial charge in [-0.1, -0.05) is 0 Å². The zero-order valence-corrected chi connectivity index (χ0v) is 11.2. The van der Waals surface area contributed by atoms with Crippen molar-refractivity contribution in [2.75, 3.05) is 13.1 Å². The first-order valence-corrected chi connectivity index (χ1v) is 6.38. The van der Waals surface area contributed by atoms with E-state index < -0.39 is 11.9 Å². The van der Waals surface area contributed by atoms with Gasteiger partial charge in [0.25, 0.3) is 5.91 Å². The molecule has 0 saturated carbocycles. The van der Waals surface area contributed by atoms with Crippen molar-refractivity contribution in [3.63, 3.8) is 0 Å². The largest absolute Gasteiger partial charge is 0.433 e. The fourth-order valence-corrected chi connectivity index (χ4v) is 2.20. The van der Waals surface area contributed by atoms with E-state index in [9.17, 15) is 18.0 Å². The highest BCUT2D eigenvalue weighted by Crippen LogP contribution is 2.27. The predicted octanol–water partition coefficient (Wildman–Crippen LogP) is 1.92. The molecule has 2 atom stereocenters. The summed E-state index contributed by atoms with van der Waals surface area (Å²) in [6, 6.07) is 2.15. The minimum absolute atomic E-state index is 0.0152. The van der Waals surface area contributed by atoms with Crippen molar-refractivity contribution >= 4 is 5.91 Å². The number of piperazine rings is 1. The third-order valence-electron chi connectivity index (χ3n) is 3.60. The van der Waals surface area contributed by atoms with E-state index in [1.165, 1.54) is 6.07 Å². The lowest BCUT2D eigenvalue weighted by Gasteiger charge is -2.38. The van der Waals surface area contributed by atoms with Gasteiger partial charge in [-0.3, -0.25) is 9.78 Å². The Hall–Kier alpha value is -1.63. The van der Waals surface area contributed by atoms with Gasteiger partial charge in [0.2, 0.25) is 0 Å². The normalized spacial score (nSPS) is 23.8. The van der Waals surface area contributed by atoms with Gasteiger partial charge in [-0.25, -0.2) is 0 Å². The summed E-state index contributed by atoms with van der Waals surface area (Å²) >= 11 is 0. The molecule has 4 nitrogen and oxygen atoms in total. The number of alkyl halides is 3. The van der Waals surface area contributed by atoms with Gasteiger partial charge in [-0.15, -0.1) is 0 Å². The third-order valence-corrected chi connectivity index (χ3v) is 3.60. The Bertz CT molecular complexity index is 487. The number of amides is 1. The van der Waals surface area contributed by atoms with E-state index in [4.69, 9.17) is 0 Å². The second-order valence-corrected chi connectivity index (χ2v) is 4.91. The van der Waals surface area contributed by atoms with Crippen LogP contribution in [0.25, 0.3) is 0 Å². The van der Waals surface area contributed by atoms with Crippen molar-refractivity contribution in [1.29, 1.82) is 0 Å². The number of nitrogens with zero attached hydrogens (tertiary/aromatic N) is 2. The number of aromatic nitrogens is 1. The average Bonchev–Trinajstić information content (AvgIpc) is 2.40. The van der Waals surface area contributed by atoms with Crippen molar-refractivity contribution in [2.45, 2.75) is 32.1 Å². The van der Waals surface area contributed by atoms with Gasteiger partial charge in [0.05, 0.1) is 5.56 Å². The molecule has 1 aliphatic rings. The molecule has 1 N–H and O–H groups in total. The fraction of sp³-hybridized carbons (Fsp3) is 0.538. The van der Waals surface area contributed by atoms with Crippen molar-refractivity contribution < 1.29 is 18.0 Å². The average molecular weight is 287 g/mol. The van der Waals surface area contributed by atoms with E-state index in [-0.39, 0.29) is 23.6 Å². The molecule has 0 aliphatic carbocycles. The van der Waals surface area contributed by atoms with Gasteiger partial charge in [-0.2, -0.15) is 13.2 Å². The van der Waals surface area contributed by atoms with Crippen molar-refractivity contribution in [3.05, 3.63) is 29.6 Å². The van der Waals surface area contributed by atoms with E-state index in [0.717, 1.165) is 12.3 Å². The number of pyridine rings is 1. The number of hydrogen-bond acceptors (Lipinski definition) is 3. The number of hydrogen-bond donors (Lipinski definition) is 1. The maximum absolute atomic E-state index is 12.4. The van der Waals surface area contributed by atoms with Crippen molar-refractivity contribution in [3.8, 4) is 0 Å². The van der Waals surface area contributed by atoms with Crippen LogP contribution in [0.4, 0.5) is 13.2 Å². The highest BCUT2D eigenvalue weighted by Gasteiger charge is 2.33. The molecule has 20 heavy (non-hydrogen) atoms. The molecule has 0 spiro atoms. The van der Waals surface area contributed by atoms with E-state index in [1.54, 1.807) is 4.90 Å². The molecular weight excluding hydrogens is 271 g/mol. The lowest BCUT2D eigenvalue weighted by atomic mass is 10.1. The lowest BCUT2D eigenvalue weighted by Crippen LogP contribution is -2.57. The monoisotopic (exact) mass is 287 g/mol. The van der Waals surface area contributed by atoms with Crippen molar-refractivity contribution in [2.24, 2.45) is 0 Å². The molecule has 2 rings (SSSR count). The van der Waals surface area contributed by atoms with Crippen LogP contribution in [0.1, 0.15) is 29.9 Å². The maximum Gasteiger partial charge on any atom is 0.433 e. The summed E-state index contributed by atoms with van der Waals surface area (Å²) in [5, 5.41) is 3.24. The summed E-state index contributed by atoms with van der Waals surface area (Å²) in [6.07, 6.45) is -3.50. The van der Waals surface area contributed by atoms with E-state index in [2.05, 4.69) is 10.3 Å². The minimum Gasteiger partial charge on any atom is -0.333 e. The number of carbonyl (C=O) groups is 1. The van der Waals surface area contributed by atoms with Crippen LogP contribution in [0.5, 0.6) is 0 Å². The summed E-state index contributed by atoms with van der Waals surface area (Å²) in [7, 11) is 0. The molecule has 0 bridgehead atoms. The first-order valence-electron chi connectivity index (χ1n) is 6.38. The Morgan fingerprint density at radius 1 is 1.40 bits per heavy atom. The van der Waals surface area contributed by atoms with Gasteiger partial charge >= 0.3 is 6.18 Å². The molecule has 1 amide bonds. The quantitative estimate of drug-likeness (QED) is 0.858. The summed E-state index contributed by atoms with van der Waals surface area (Å²) in [5.41, 5.74) is -0.810. The Morgan fingerprint density at radius 3 is 2.65 bits per heavy atom. The minimum atomic E-state index is -4.49. The maximum atomic E-state index is 12.4. The fourth-order valence-electron chi connectivity index (χ4n) is 2.20. The molecule has 7 heteroatoms. The Kier molecular flexibility index (Phi) is 3.99. The van der Waals surface area contributed by atoms with Gasteiger partial charge in [0.1, 0.15) is 5.69 Å². The van der Waals surface area contributed by atoms with Crippen LogP contribution in [0.2, 0.25) is 0 Å². The highest BCUT2D eigenvalue weighted by atomic mass is 19.4. The zero-order chi connectivity index (χ0) is 14.9. The Morgan fingerprint density at radius 2 is 2.10 bits per heavy atom. The van der Waals surface area contributed by atoms with Gasteiger partial charge < -0.3 is 10.2 Å². The van der Waals surface area contributed by atoms with Crippen LogP contribution in [0.15, 0.2) is 18.3 Å². The smallest absolute Gasteiger partial charge is 0.333 e. The molecule has 0 aromatic carbocycles. The summed E-state index contributed by atoms with van der Waals surface area (Å²) < 4.78 is 37.3. The van der Waals surface area contributed by atoms with E-state index in [1.807, 2.05) is 13.8 Å². The highest BCUT2D eigenvalue weighted by molar-refractivity contribution is 5.94. The lowest BCUT2D eigenvalue weighted by molar-refractivity contribution is -0.141. The van der Waals surface area contributed by atoms with Gasteiger partial charge in [0, 0.05) is 31.4 Å². The van der Waals surface area contributed by atoms with E-state index >= 15 is 0 Å². The molecule has 2 heterocycles. The molecule has 1 saturated heterocycles. The van der Waals surface area contributed by atoms with Gasteiger partial charge in [-0.05, 0) is 26.0 Å². The number of nitrogens with one attached hydrogen (secondary N) is 1. The van der Waals surface area contributed by atoms with Crippen LogP contribution < -0.4 is 5.32 Å². The first kappa shape index (κ1) is 14.8. The number of halogens is 3. The van der Waals surface area contributed by atoms with Crippen molar-refractivity contribution in [1.82, 2.24) is 15.2 Å². The third kappa shape index (κ3) is 2.92. The van der Waals surface area contributed by atoms with E-state index in [0.29, 0.717) is 13.1 Å². The first-order chi connectivity index (χ1) is 9.30. The van der Waals surface area contributed by atoms with Crippen LogP contribution in [-0.4, -0.2) is 41.0 Å². The summed E-state index contributed by atoms with van der Waals surface area (Å²) in [6.45, 7) is 5.08. The van der Waals surface area contributed by atoms with Crippen LogP contribution in [-0.2, 0) is 6.18 Å². The molecule has 0 radical (unpaired) electrons. The van der Waals surface area contributed by atoms with Crippen LogP contribution in [0.3, 0.4) is 0 Å². The topological polar surface area (TPSA) is 45.2 Å². The molecule has 1 aliphatic heterocycles. The zero-order valence-electron chi connectivity index (χ0n) is 11.2. The second-order valence-electron chi connectivity index (χ2n) is 4.91. The molecule has 1 aromatic rings. The van der Waals surface area contributed by atoms with Crippen LogP contribution >= 0.6 is 0 Å². The molecule has 2 unspecified atom stereocenters. The SMILES string of the molecule is CC1NCCN(C(=O)c2ccc(C(F)(F)F)nc2)C1C. The Balaban J connectivity index is 2.17. The molecule has 1 aromatic heterocycles. The standard InChI is InChI=1S/C13H16F3N3O/c1-8-9(2)19(6-5-17-8)12(20)10-3-4-11(18-7-10)13(14,15)16/h3-4,7-9,17H,5-6H2,1-2H3. The number of carbonyl (C=O) groups excluding carboxylic acids is 1. The summed E-state index contributed by atoms with van der Waals surface area (Å²) in [5.74, 6) is -0.285. The predicted molar refractivity (Wildman–Crippen MR) is 67.2 cm³/mol. The molecule has 110 valence electrons. The molecular formula is C13H16F3N3O. The van der Waals surface area contributed by atoms with Crippen LogP contribution in [0, 0.1) is 0 Å².